The zero-order valence-electron chi connectivity index (χ0n) is 21.8. The number of methoxy groups -OCH3 is 1. The third kappa shape index (κ3) is 7.05. The second kappa shape index (κ2) is 12.5. The van der Waals surface area contributed by atoms with Crippen molar-refractivity contribution in [3.05, 3.63) is 59.3 Å². The predicted molar refractivity (Wildman–Crippen MR) is 136 cm³/mol. The third-order valence-electron chi connectivity index (χ3n) is 7.33. The third-order valence-corrected chi connectivity index (χ3v) is 7.33. The van der Waals surface area contributed by atoms with Gasteiger partial charge in [0.05, 0.1) is 26.7 Å². The number of benzene rings is 1. The van der Waals surface area contributed by atoms with Gasteiger partial charge < -0.3 is 19.3 Å². The molecule has 1 N–H and O–H groups in total. The molecule has 2 aromatic rings. The minimum atomic E-state index is -1.41. The number of carbonyl (C=O) groups excluding carboxylic acids is 1. The van der Waals surface area contributed by atoms with Crippen LogP contribution in [0.15, 0.2) is 42.6 Å². The molecule has 6 nitrogen and oxygen atoms in total. The summed E-state index contributed by atoms with van der Waals surface area (Å²) in [6.45, 7) is 9.08. The Kier molecular flexibility index (Phi) is 9.70. The lowest BCUT2D eigenvalue weighted by Gasteiger charge is -2.37. The molecule has 1 fully saturated rings. The van der Waals surface area contributed by atoms with Crippen LogP contribution in [0.25, 0.3) is 0 Å². The van der Waals surface area contributed by atoms with Gasteiger partial charge in [-0.05, 0) is 54.2 Å². The number of esters is 1. The van der Waals surface area contributed by atoms with E-state index in [4.69, 9.17) is 14.2 Å². The van der Waals surface area contributed by atoms with E-state index in [0.717, 1.165) is 18.4 Å². The number of rotatable bonds is 11. The standard InChI is InChI=1S/C29H41NO5/c1-6-29(32,17-27(31)35-26-16-21(4)12-13-23(26)20(2)3)25-14-15-30-28(33-5)24(25)19-34-18-22-10-8-7-9-11-22/h7-11,14-15,20-21,23,26,32H,6,12-13,16-19H2,1-5H3/t21-,23+,26-,29?/m1/s1. The van der Waals surface area contributed by atoms with E-state index in [9.17, 15) is 9.90 Å². The van der Waals surface area contributed by atoms with Crippen LogP contribution in [0.1, 0.15) is 76.5 Å². The highest BCUT2D eigenvalue weighted by Crippen LogP contribution is 2.38. The molecule has 192 valence electrons. The van der Waals surface area contributed by atoms with Crippen molar-refractivity contribution in [3.63, 3.8) is 0 Å². The molecule has 0 amide bonds. The maximum absolute atomic E-state index is 13.1. The fraction of sp³-hybridized carbons (Fsp3) is 0.586. The monoisotopic (exact) mass is 483 g/mol. The molecular weight excluding hydrogens is 442 g/mol. The van der Waals surface area contributed by atoms with Crippen molar-refractivity contribution >= 4 is 5.97 Å². The van der Waals surface area contributed by atoms with Gasteiger partial charge in [-0.1, -0.05) is 64.4 Å². The fourth-order valence-corrected chi connectivity index (χ4v) is 5.18. The number of nitrogens with zero attached hydrogens (tertiary/aromatic N) is 1. The molecule has 0 aliphatic heterocycles. The van der Waals surface area contributed by atoms with Gasteiger partial charge in [-0.15, -0.1) is 0 Å². The molecule has 0 bridgehead atoms. The summed E-state index contributed by atoms with van der Waals surface area (Å²) in [6, 6.07) is 11.6. The van der Waals surface area contributed by atoms with E-state index in [1.165, 1.54) is 6.42 Å². The summed E-state index contributed by atoms with van der Waals surface area (Å²) < 4.78 is 17.5. The van der Waals surface area contributed by atoms with Crippen LogP contribution < -0.4 is 4.74 Å². The number of aliphatic hydroxyl groups is 1. The Balaban J connectivity index is 1.77. The summed E-state index contributed by atoms with van der Waals surface area (Å²) in [5, 5.41) is 11.7. The zero-order chi connectivity index (χ0) is 25.4. The molecule has 6 heteroatoms. The molecular formula is C29H41NO5. The van der Waals surface area contributed by atoms with Gasteiger partial charge in [0.1, 0.15) is 11.7 Å². The summed E-state index contributed by atoms with van der Waals surface area (Å²) in [6.07, 6.45) is 4.82. The topological polar surface area (TPSA) is 77.9 Å². The number of ether oxygens (including phenoxy) is 3. The first kappa shape index (κ1) is 27.2. The molecule has 0 radical (unpaired) electrons. The first-order valence-electron chi connectivity index (χ1n) is 12.8. The Hall–Kier alpha value is -2.44. The quantitative estimate of drug-likeness (QED) is 0.407. The van der Waals surface area contributed by atoms with Gasteiger partial charge in [-0.3, -0.25) is 4.79 Å². The van der Waals surface area contributed by atoms with Gasteiger partial charge in [0.25, 0.3) is 0 Å². The largest absolute Gasteiger partial charge is 0.481 e. The first-order chi connectivity index (χ1) is 16.8. The molecule has 1 aromatic heterocycles. The molecule has 4 atom stereocenters. The van der Waals surface area contributed by atoms with E-state index < -0.39 is 5.60 Å². The first-order valence-corrected chi connectivity index (χ1v) is 12.8. The maximum atomic E-state index is 13.1. The molecule has 0 saturated heterocycles. The van der Waals surface area contributed by atoms with Crippen molar-refractivity contribution < 1.29 is 24.1 Å². The number of carbonyl (C=O) groups is 1. The lowest BCUT2D eigenvalue weighted by atomic mass is 9.75. The molecule has 1 unspecified atom stereocenters. The minimum Gasteiger partial charge on any atom is -0.481 e. The molecule has 0 spiro atoms. The highest BCUT2D eigenvalue weighted by Gasteiger charge is 2.38. The second-order valence-corrected chi connectivity index (χ2v) is 10.2. The van der Waals surface area contributed by atoms with Gasteiger partial charge in [0, 0.05) is 11.8 Å². The average molecular weight is 484 g/mol. The number of hydrogen-bond donors (Lipinski definition) is 1. The molecule has 3 rings (SSSR count). The van der Waals surface area contributed by atoms with Crippen LogP contribution >= 0.6 is 0 Å². The SMILES string of the molecule is CCC(O)(CC(=O)O[C@@H]1C[C@H](C)CC[C@H]1C(C)C)c1ccnc(OC)c1COCc1ccccc1. The van der Waals surface area contributed by atoms with Crippen molar-refractivity contribution in [2.45, 2.75) is 84.7 Å². The number of hydrogen-bond acceptors (Lipinski definition) is 6. The fourth-order valence-electron chi connectivity index (χ4n) is 5.18. The normalized spacial score (nSPS) is 22.0. The van der Waals surface area contributed by atoms with Crippen LogP contribution in [0.4, 0.5) is 0 Å². The van der Waals surface area contributed by atoms with Gasteiger partial charge in [0.15, 0.2) is 0 Å². The van der Waals surface area contributed by atoms with Gasteiger partial charge in [0.2, 0.25) is 5.88 Å². The van der Waals surface area contributed by atoms with Crippen LogP contribution in [0.2, 0.25) is 0 Å². The van der Waals surface area contributed by atoms with E-state index in [0.29, 0.717) is 47.8 Å². The molecule has 1 heterocycles. The lowest BCUT2D eigenvalue weighted by Crippen LogP contribution is -2.38. The number of aromatic nitrogens is 1. The summed E-state index contributed by atoms with van der Waals surface area (Å²) in [4.78, 5) is 17.5. The summed E-state index contributed by atoms with van der Waals surface area (Å²) >= 11 is 0. The van der Waals surface area contributed by atoms with Crippen LogP contribution in [-0.4, -0.2) is 29.3 Å². The zero-order valence-corrected chi connectivity index (χ0v) is 21.8. The minimum absolute atomic E-state index is 0.104. The average Bonchev–Trinajstić information content (AvgIpc) is 2.84. The van der Waals surface area contributed by atoms with Crippen LogP contribution in [0.3, 0.4) is 0 Å². The van der Waals surface area contributed by atoms with Crippen LogP contribution in [-0.2, 0) is 33.1 Å². The van der Waals surface area contributed by atoms with Crippen molar-refractivity contribution in [2.24, 2.45) is 17.8 Å². The van der Waals surface area contributed by atoms with Crippen molar-refractivity contribution in [3.8, 4) is 5.88 Å². The number of pyridine rings is 1. The van der Waals surface area contributed by atoms with Crippen molar-refractivity contribution in [1.29, 1.82) is 0 Å². The van der Waals surface area contributed by atoms with Crippen LogP contribution in [0.5, 0.6) is 5.88 Å². The molecule has 1 aromatic carbocycles. The van der Waals surface area contributed by atoms with E-state index in [1.54, 1.807) is 19.4 Å². The van der Waals surface area contributed by atoms with E-state index >= 15 is 0 Å². The summed E-state index contributed by atoms with van der Waals surface area (Å²) in [5.41, 5.74) is 0.878. The highest BCUT2D eigenvalue weighted by atomic mass is 16.5. The Bertz CT molecular complexity index is 947. The Labute approximate surface area is 210 Å². The lowest BCUT2D eigenvalue weighted by molar-refractivity contribution is -0.162. The molecule has 1 saturated carbocycles. The van der Waals surface area contributed by atoms with Crippen molar-refractivity contribution in [2.75, 3.05) is 7.11 Å². The van der Waals surface area contributed by atoms with E-state index in [1.807, 2.05) is 37.3 Å². The summed E-state index contributed by atoms with van der Waals surface area (Å²) in [7, 11) is 1.54. The Morgan fingerprint density at radius 2 is 1.91 bits per heavy atom. The van der Waals surface area contributed by atoms with Crippen molar-refractivity contribution in [1.82, 2.24) is 4.98 Å². The second-order valence-electron chi connectivity index (χ2n) is 10.2. The molecule has 1 aliphatic rings. The van der Waals surface area contributed by atoms with E-state index in [-0.39, 0.29) is 25.1 Å². The smallest absolute Gasteiger partial charge is 0.309 e. The summed E-state index contributed by atoms with van der Waals surface area (Å²) in [5.74, 6) is 1.35. The Morgan fingerprint density at radius 1 is 1.17 bits per heavy atom. The van der Waals surface area contributed by atoms with E-state index in [2.05, 4.69) is 25.8 Å². The van der Waals surface area contributed by atoms with Gasteiger partial charge >= 0.3 is 5.97 Å². The van der Waals surface area contributed by atoms with Crippen LogP contribution in [0, 0.1) is 17.8 Å². The maximum Gasteiger partial charge on any atom is 0.309 e. The van der Waals surface area contributed by atoms with Gasteiger partial charge in [-0.2, -0.15) is 0 Å². The highest BCUT2D eigenvalue weighted by molar-refractivity contribution is 5.71. The molecule has 1 aliphatic carbocycles. The van der Waals surface area contributed by atoms with Gasteiger partial charge in [-0.25, -0.2) is 4.98 Å². The Morgan fingerprint density at radius 3 is 2.57 bits per heavy atom. The molecule has 35 heavy (non-hydrogen) atoms. The predicted octanol–water partition coefficient (Wildman–Crippen LogP) is 5.80.